The molecule has 0 spiro atoms. The zero-order valence-electron chi connectivity index (χ0n) is 19.6. The van der Waals surface area contributed by atoms with Crippen molar-refractivity contribution in [3.05, 3.63) is 65.0 Å². The van der Waals surface area contributed by atoms with Crippen molar-refractivity contribution < 1.29 is 14.3 Å². The molecule has 0 aliphatic carbocycles. The van der Waals surface area contributed by atoms with E-state index in [4.69, 9.17) is 21.7 Å². The van der Waals surface area contributed by atoms with Crippen LogP contribution < -0.4 is 9.47 Å². The topological polar surface area (TPSA) is 58.1 Å². The highest BCUT2D eigenvalue weighted by Crippen LogP contribution is 2.32. The van der Waals surface area contributed by atoms with Gasteiger partial charge in [-0.25, -0.2) is 0 Å². The van der Waals surface area contributed by atoms with Crippen molar-refractivity contribution in [1.82, 2.24) is 19.7 Å². The van der Waals surface area contributed by atoms with E-state index < -0.39 is 0 Å². The van der Waals surface area contributed by atoms with Crippen LogP contribution >= 0.6 is 24.0 Å². The van der Waals surface area contributed by atoms with Crippen LogP contribution in [0.4, 0.5) is 0 Å². The summed E-state index contributed by atoms with van der Waals surface area (Å²) in [5.74, 6) is 1.37. The molecule has 0 saturated carbocycles. The lowest BCUT2D eigenvalue weighted by Gasteiger charge is -2.34. The number of hydrogen-bond donors (Lipinski definition) is 0. The Morgan fingerprint density at radius 1 is 1.03 bits per heavy atom. The van der Waals surface area contributed by atoms with E-state index in [-0.39, 0.29) is 5.91 Å². The molecule has 0 atom stereocenters. The third-order valence-corrected chi connectivity index (χ3v) is 7.43. The Morgan fingerprint density at radius 3 is 2.53 bits per heavy atom. The second-order valence-electron chi connectivity index (χ2n) is 8.21. The molecule has 3 heterocycles. The van der Waals surface area contributed by atoms with Crippen LogP contribution in [-0.2, 0) is 17.6 Å². The number of piperazine rings is 1. The lowest BCUT2D eigenvalue weighted by Crippen LogP contribution is -2.45. The first-order valence-corrected chi connectivity index (χ1v) is 12.6. The fourth-order valence-corrected chi connectivity index (χ4v) is 5.38. The first-order chi connectivity index (χ1) is 16.6. The van der Waals surface area contributed by atoms with Crippen LogP contribution in [0.1, 0.15) is 11.3 Å². The highest BCUT2D eigenvalue weighted by Gasteiger charge is 2.32. The monoisotopic (exact) mass is 498 g/mol. The molecule has 0 unspecified atom stereocenters. The maximum atomic E-state index is 13.0. The Balaban J connectivity index is 1.27. The minimum atomic E-state index is -0.00643. The standard InChI is InChI=1S/C25H30N4O3S2/c1-31-21-7-6-19(17-22(21)32-2)8-12-29-24(30)23(34-25(29)33)18-28-15-13-27(14-16-28)11-9-20-5-3-4-10-26-20/h3-7,10,17-18H,8-9,11-16H2,1-2H3. The number of carbonyl (C=O) groups is 1. The quantitative estimate of drug-likeness (QED) is 0.386. The van der Waals surface area contributed by atoms with E-state index in [0.717, 1.165) is 50.4 Å². The number of aromatic nitrogens is 1. The molecule has 2 aliphatic rings. The first-order valence-electron chi connectivity index (χ1n) is 11.4. The van der Waals surface area contributed by atoms with Gasteiger partial charge in [-0.2, -0.15) is 0 Å². The highest BCUT2D eigenvalue weighted by molar-refractivity contribution is 8.26. The minimum absolute atomic E-state index is 0.00643. The lowest BCUT2D eigenvalue weighted by molar-refractivity contribution is -0.122. The average molecular weight is 499 g/mol. The number of hydrogen-bond acceptors (Lipinski definition) is 8. The molecule has 1 aromatic heterocycles. The van der Waals surface area contributed by atoms with Gasteiger partial charge < -0.3 is 14.4 Å². The smallest absolute Gasteiger partial charge is 0.267 e. The lowest BCUT2D eigenvalue weighted by atomic mass is 10.1. The van der Waals surface area contributed by atoms with Crippen LogP contribution in [0.2, 0.25) is 0 Å². The number of pyridine rings is 1. The molecule has 7 nitrogen and oxygen atoms in total. The Morgan fingerprint density at radius 2 is 1.82 bits per heavy atom. The SMILES string of the molecule is COc1ccc(CCN2C(=O)C(=CN3CCN(CCc4ccccn4)CC3)SC2=S)cc1OC. The largest absolute Gasteiger partial charge is 0.493 e. The van der Waals surface area contributed by atoms with Crippen LogP contribution in [0, 0.1) is 0 Å². The molecule has 2 aromatic rings. The van der Waals surface area contributed by atoms with E-state index in [9.17, 15) is 4.79 Å². The van der Waals surface area contributed by atoms with E-state index in [1.807, 2.05) is 42.7 Å². The van der Waals surface area contributed by atoms with E-state index in [1.54, 1.807) is 19.1 Å². The number of amides is 1. The zero-order chi connectivity index (χ0) is 23.9. The molecule has 2 fully saturated rings. The van der Waals surface area contributed by atoms with Gasteiger partial charge >= 0.3 is 0 Å². The number of methoxy groups -OCH3 is 2. The van der Waals surface area contributed by atoms with Crippen LogP contribution in [0.5, 0.6) is 11.5 Å². The van der Waals surface area contributed by atoms with Crippen molar-refractivity contribution >= 4 is 34.2 Å². The summed E-state index contributed by atoms with van der Waals surface area (Å²) in [6.45, 7) is 5.30. The molecular weight excluding hydrogens is 468 g/mol. The van der Waals surface area contributed by atoms with E-state index >= 15 is 0 Å². The second-order valence-corrected chi connectivity index (χ2v) is 9.88. The summed E-state index contributed by atoms with van der Waals surface area (Å²) >= 11 is 6.91. The fraction of sp³-hybridized carbons (Fsp3) is 0.400. The van der Waals surface area contributed by atoms with Gasteiger partial charge in [-0.05, 0) is 36.2 Å². The molecule has 0 bridgehead atoms. The van der Waals surface area contributed by atoms with Crippen LogP contribution in [0.25, 0.3) is 0 Å². The molecule has 1 aromatic carbocycles. The summed E-state index contributed by atoms with van der Waals surface area (Å²) in [7, 11) is 3.24. The molecule has 2 saturated heterocycles. The average Bonchev–Trinajstić information content (AvgIpc) is 3.14. The molecule has 9 heteroatoms. The van der Waals surface area contributed by atoms with Gasteiger partial charge in [0.2, 0.25) is 0 Å². The summed E-state index contributed by atoms with van der Waals surface area (Å²) in [6, 6.07) is 11.9. The number of nitrogens with zero attached hydrogens (tertiary/aromatic N) is 4. The third kappa shape index (κ3) is 6.08. The highest BCUT2D eigenvalue weighted by atomic mass is 32.2. The van der Waals surface area contributed by atoms with Gasteiger partial charge in [0, 0.05) is 63.8 Å². The molecule has 0 radical (unpaired) electrons. The van der Waals surface area contributed by atoms with E-state index in [1.165, 1.54) is 11.8 Å². The number of thioether (sulfide) groups is 1. The van der Waals surface area contributed by atoms with Gasteiger partial charge in [-0.15, -0.1) is 0 Å². The summed E-state index contributed by atoms with van der Waals surface area (Å²) in [5.41, 5.74) is 2.19. The fourth-order valence-electron chi connectivity index (χ4n) is 4.06. The third-order valence-electron chi connectivity index (χ3n) is 6.06. The molecule has 1 amide bonds. The Bertz CT molecular complexity index is 1040. The maximum Gasteiger partial charge on any atom is 0.267 e. The van der Waals surface area contributed by atoms with E-state index in [2.05, 4.69) is 20.9 Å². The van der Waals surface area contributed by atoms with Gasteiger partial charge in [0.25, 0.3) is 5.91 Å². The molecular formula is C25H30N4O3S2. The van der Waals surface area contributed by atoms with Crippen LogP contribution in [0.3, 0.4) is 0 Å². The number of ether oxygens (including phenoxy) is 2. The van der Waals surface area contributed by atoms with E-state index in [0.29, 0.717) is 33.7 Å². The number of carbonyl (C=O) groups excluding carboxylic acids is 1. The second kappa shape index (κ2) is 11.7. The Labute approximate surface area is 210 Å². The predicted molar refractivity (Wildman–Crippen MR) is 139 cm³/mol. The van der Waals surface area contributed by atoms with Crippen LogP contribution in [0.15, 0.2) is 53.7 Å². The van der Waals surface area contributed by atoms with Gasteiger partial charge in [-0.1, -0.05) is 36.1 Å². The molecule has 2 aliphatic heterocycles. The predicted octanol–water partition coefficient (Wildman–Crippen LogP) is 3.20. The van der Waals surface area contributed by atoms with Crippen molar-refractivity contribution in [3.63, 3.8) is 0 Å². The molecule has 180 valence electrons. The summed E-state index contributed by atoms with van der Waals surface area (Å²) < 4.78 is 11.3. The van der Waals surface area contributed by atoms with Gasteiger partial charge in [-0.3, -0.25) is 19.6 Å². The van der Waals surface area contributed by atoms with Gasteiger partial charge in [0.15, 0.2) is 11.5 Å². The van der Waals surface area contributed by atoms with Crippen molar-refractivity contribution in [2.45, 2.75) is 12.8 Å². The number of thiocarbonyl (C=S) groups is 1. The Hall–Kier alpha value is -2.62. The molecule has 0 N–H and O–H groups in total. The first kappa shape index (κ1) is 24.5. The Kier molecular flexibility index (Phi) is 8.42. The van der Waals surface area contributed by atoms with Crippen molar-refractivity contribution in [2.24, 2.45) is 0 Å². The van der Waals surface area contributed by atoms with Gasteiger partial charge in [0.05, 0.1) is 19.1 Å². The number of rotatable bonds is 9. The number of benzene rings is 1. The van der Waals surface area contributed by atoms with Crippen molar-refractivity contribution in [3.8, 4) is 11.5 Å². The van der Waals surface area contributed by atoms with Crippen molar-refractivity contribution in [2.75, 3.05) is 53.5 Å². The van der Waals surface area contributed by atoms with Crippen molar-refractivity contribution in [1.29, 1.82) is 0 Å². The zero-order valence-corrected chi connectivity index (χ0v) is 21.2. The maximum absolute atomic E-state index is 13.0. The summed E-state index contributed by atoms with van der Waals surface area (Å²) in [6.07, 6.45) is 5.48. The molecule has 4 rings (SSSR count). The summed E-state index contributed by atoms with van der Waals surface area (Å²) in [4.78, 5) is 24.5. The summed E-state index contributed by atoms with van der Waals surface area (Å²) in [5, 5.41) is 0. The normalized spacial score (nSPS) is 18.1. The van der Waals surface area contributed by atoms with Gasteiger partial charge in [0.1, 0.15) is 4.32 Å². The van der Waals surface area contributed by atoms with Crippen LogP contribution in [-0.4, -0.2) is 83.4 Å². The minimum Gasteiger partial charge on any atom is -0.493 e. The molecule has 34 heavy (non-hydrogen) atoms.